The summed E-state index contributed by atoms with van der Waals surface area (Å²) in [4.78, 5) is 0. The first-order valence-corrected chi connectivity index (χ1v) is 10.5. The first-order valence-electron chi connectivity index (χ1n) is 7.34. The Morgan fingerprint density at radius 3 is 1.08 bits per heavy atom. The molecule has 2 rings (SSSR count). The smallest absolute Gasteiger partial charge is 0.273 e. The van der Waals surface area contributed by atoms with Gasteiger partial charge in [-0.05, 0) is 11.3 Å². The maximum Gasteiger partial charge on any atom is 3.00 e. The Hall–Kier alpha value is -0.0935. The second kappa shape index (κ2) is 12.3. The summed E-state index contributed by atoms with van der Waals surface area (Å²) in [6, 6.07) is 0. The van der Waals surface area contributed by atoms with Crippen molar-refractivity contribution in [3.05, 3.63) is 48.6 Å². The van der Waals surface area contributed by atoms with Crippen LogP contribution in [0.15, 0.2) is 36.5 Å². The van der Waals surface area contributed by atoms with E-state index < -0.39 is 7.81 Å². The molecular formula is C16H25CoF6P2. The standard InChI is InChI=1S/C6H15P.2C5H5.Co.F6P/c1-5(2)7-6(3)4;2*1-2-4-5-3-1;;1-7(2,3,4,5)6/h5-7H,1-4H3;2*1-3H,4H2;;/q;2*-1;+3;-1. The van der Waals surface area contributed by atoms with E-state index >= 15 is 0 Å². The topological polar surface area (TPSA) is 0 Å². The Balaban J connectivity index is -0.000000257. The number of halogens is 6. The molecule has 0 radical (unpaired) electrons. The van der Waals surface area contributed by atoms with Crippen molar-refractivity contribution in [2.45, 2.75) is 51.9 Å². The molecule has 0 spiro atoms. The van der Waals surface area contributed by atoms with Crippen LogP contribution in [0.1, 0.15) is 40.5 Å². The maximum atomic E-state index is 9.87. The maximum absolute atomic E-state index is 10.7. The van der Waals surface area contributed by atoms with Crippen LogP contribution in [-0.2, 0) is 16.8 Å². The molecule has 0 aromatic rings. The monoisotopic (exact) mass is 452 g/mol. The summed E-state index contributed by atoms with van der Waals surface area (Å²) in [7, 11) is -9.51. The van der Waals surface area contributed by atoms with Crippen LogP contribution in [0.3, 0.4) is 0 Å². The SMILES string of the molecule is CC(C)PC(C)C.F[P-](F)(F)(F)(F)F.[C-]1=CC=CC1.[C-]1=CC=CC1.[Co+3]. The van der Waals surface area contributed by atoms with Gasteiger partial charge in [0.15, 0.2) is 0 Å². The van der Waals surface area contributed by atoms with Crippen molar-refractivity contribution in [2.24, 2.45) is 0 Å². The first-order chi connectivity index (χ1) is 10.6. The molecule has 0 atom stereocenters. The fraction of sp³-hybridized carbons (Fsp3) is 0.500. The van der Waals surface area contributed by atoms with Crippen LogP contribution < -0.4 is 0 Å². The average molecular weight is 452 g/mol. The van der Waals surface area contributed by atoms with Gasteiger partial charge in [0.2, 0.25) is 0 Å². The van der Waals surface area contributed by atoms with Crippen molar-refractivity contribution in [3.8, 4) is 0 Å². The van der Waals surface area contributed by atoms with Crippen LogP contribution in [-0.4, -0.2) is 11.3 Å². The van der Waals surface area contributed by atoms with Crippen molar-refractivity contribution in [2.75, 3.05) is 0 Å². The second-order valence-corrected chi connectivity index (χ2v) is 10.00. The molecule has 0 saturated carbocycles. The number of hydrogen-bond donors (Lipinski definition) is 0. The minimum atomic E-state index is -10.7. The van der Waals surface area contributed by atoms with Gasteiger partial charge in [0.25, 0.3) is 0 Å². The van der Waals surface area contributed by atoms with Gasteiger partial charge in [0.1, 0.15) is 0 Å². The van der Waals surface area contributed by atoms with E-state index in [0.29, 0.717) is 0 Å². The molecule has 0 N–H and O–H groups in total. The summed E-state index contributed by atoms with van der Waals surface area (Å²) in [5, 5.41) is 0. The van der Waals surface area contributed by atoms with Crippen LogP contribution >= 0.6 is 16.4 Å². The third-order valence-electron chi connectivity index (χ3n) is 1.84. The number of rotatable bonds is 2. The molecule has 0 nitrogen and oxygen atoms in total. The fourth-order valence-electron chi connectivity index (χ4n) is 1.35. The van der Waals surface area contributed by atoms with Crippen LogP contribution in [0.5, 0.6) is 0 Å². The Bertz CT molecular complexity index is 388. The van der Waals surface area contributed by atoms with Crippen molar-refractivity contribution in [1.82, 2.24) is 0 Å². The predicted molar refractivity (Wildman–Crippen MR) is 95.3 cm³/mol. The van der Waals surface area contributed by atoms with Gasteiger partial charge in [-0.15, -0.1) is 21.4 Å². The molecule has 150 valence electrons. The Morgan fingerprint density at radius 1 is 0.760 bits per heavy atom. The number of hydrogen-bond acceptors (Lipinski definition) is 0. The molecule has 0 bridgehead atoms. The fourth-order valence-corrected chi connectivity index (χ4v) is 2.68. The van der Waals surface area contributed by atoms with E-state index in [-0.39, 0.29) is 16.8 Å². The van der Waals surface area contributed by atoms with Crippen LogP contribution in [0.25, 0.3) is 0 Å². The summed E-state index contributed by atoms with van der Waals surface area (Å²) < 4.78 is 59.2. The zero-order valence-corrected chi connectivity index (χ0v) is 17.5. The van der Waals surface area contributed by atoms with E-state index in [2.05, 4.69) is 52.0 Å². The third-order valence-corrected chi connectivity index (χ3v) is 3.17. The summed E-state index contributed by atoms with van der Waals surface area (Å²) in [5.41, 5.74) is 1.81. The number of allylic oxidation sites excluding steroid dienone is 8. The van der Waals surface area contributed by atoms with Gasteiger partial charge in [-0.2, -0.15) is 12.2 Å². The van der Waals surface area contributed by atoms with Gasteiger partial charge in [-0.1, -0.05) is 27.7 Å². The molecule has 0 saturated heterocycles. The summed E-state index contributed by atoms with van der Waals surface area (Å²) in [6.45, 7) is 9.10. The second-order valence-electron chi connectivity index (χ2n) is 5.44. The van der Waals surface area contributed by atoms with E-state index in [0.717, 1.165) is 32.7 Å². The zero-order chi connectivity index (χ0) is 19.3. The van der Waals surface area contributed by atoms with Gasteiger partial charge in [-0.3, -0.25) is 12.2 Å². The Morgan fingerprint density at radius 2 is 1.04 bits per heavy atom. The van der Waals surface area contributed by atoms with Gasteiger partial charge < -0.3 is 0 Å². The van der Waals surface area contributed by atoms with Crippen molar-refractivity contribution >= 4 is 16.4 Å². The average Bonchev–Trinajstić information content (AvgIpc) is 3.03. The molecular weight excluding hydrogens is 427 g/mol. The van der Waals surface area contributed by atoms with Gasteiger partial charge in [-0.25, -0.2) is 24.3 Å². The van der Waals surface area contributed by atoms with Gasteiger partial charge >= 0.3 is 49.8 Å². The zero-order valence-electron chi connectivity index (χ0n) is 14.6. The van der Waals surface area contributed by atoms with E-state index in [1.54, 1.807) is 0 Å². The minimum absolute atomic E-state index is 0. The van der Waals surface area contributed by atoms with E-state index in [1.807, 2.05) is 24.3 Å². The Labute approximate surface area is 159 Å². The Kier molecular flexibility index (Phi) is 14.6. The summed E-state index contributed by atoms with van der Waals surface area (Å²) in [5.74, 6) is 0. The summed E-state index contributed by atoms with van der Waals surface area (Å²) >= 11 is 0. The first kappa shape index (κ1) is 29.7. The quantitative estimate of drug-likeness (QED) is 0.224. The normalized spacial score (nSPS) is 16.6. The molecule has 25 heavy (non-hydrogen) atoms. The van der Waals surface area contributed by atoms with Crippen LogP contribution in [0, 0.1) is 12.2 Å². The van der Waals surface area contributed by atoms with Crippen LogP contribution in [0.2, 0.25) is 0 Å². The molecule has 0 aliphatic heterocycles. The van der Waals surface area contributed by atoms with E-state index in [9.17, 15) is 25.2 Å². The minimum Gasteiger partial charge on any atom is -0.273 e. The molecule has 0 aromatic heterocycles. The van der Waals surface area contributed by atoms with Gasteiger partial charge in [0, 0.05) is 0 Å². The largest absolute Gasteiger partial charge is 3.00 e. The van der Waals surface area contributed by atoms with E-state index in [1.165, 1.54) is 0 Å². The molecule has 0 amide bonds. The molecule has 2 aliphatic rings. The molecule has 0 fully saturated rings. The predicted octanol–water partition coefficient (Wildman–Crippen LogP) is 8.47. The van der Waals surface area contributed by atoms with Gasteiger partial charge in [0.05, 0.1) is 0 Å². The van der Waals surface area contributed by atoms with E-state index in [4.69, 9.17) is 0 Å². The van der Waals surface area contributed by atoms with Crippen LogP contribution in [0.4, 0.5) is 25.2 Å². The molecule has 0 aromatic carbocycles. The van der Waals surface area contributed by atoms with Crippen molar-refractivity contribution < 1.29 is 42.0 Å². The molecule has 0 heterocycles. The molecule has 9 heteroatoms. The summed E-state index contributed by atoms with van der Waals surface area (Å²) in [6.07, 6.45) is 20.0. The van der Waals surface area contributed by atoms with Crippen molar-refractivity contribution in [3.63, 3.8) is 0 Å². The molecule has 2 aliphatic carbocycles. The van der Waals surface area contributed by atoms with Crippen molar-refractivity contribution in [1.29, 1.82) is 0 Å². The molecule has 0 unspecified atom stereocenters. The third kappa shape index (κ3) is 59.3.